The quantitative estimate of drug-likeness (QED) is 0.487. The van der Waals surface area contributed by atoms with E-state index in [1.807, 2.05) is 0 Å². The van der Waals surface area contributed by atoms with Gasteiger partial charge in [-0.15, -0.1) is 10.1 Å². The van der Waals surface area contributed by atoms with Crippen molar-refractivity contribution in [1.29, 1.82) is 0 Å². The maximum Gasteiger partial charge on any atom is 0.305 e. The minimum atomic E-state index is -0.850. The maximum absolute atomic E-state index is 9.93. The van der Waals surface area contributed by atoms with E-state index < -0.39 is 16.6 Å². The number of carbonyl (C=O) groups is 1. The normalized spacial score (nSPS) is 15.9. The fraction of sp³-hybridized carbons (Fsp3) is 0.917. The first-order chi connectivity index (χ1) is 9.20. The first-order valence-electron chi connectivity index (χ1n) is 6.69. The molecule has 1 fully saturated rings. The SMILES string of the molecule is CC(C)(N)CC(=O)O.O=[N+]([O-])OCCC1CCNCC1. The third-order valence-corrected chi connectivity index (χ3v) is 2.79. The van der Waals surface area contributed by atoms with Gasteiger partial charge in [-0.1, -0.05) is 0 Å². The van der Waals surface area contributed by atoms with E-state index in [0.717, 1.165) is 32.4 Å². The van der Waals surface area contributed by atoms with Gasteiger partial charge in [0, 0.05) is 5.54 Å². The minimum Gasteiger partial charge on any atom is -0.481 e. The van der Waals surface area contributed by atoms with Crippen molar-refractivity contribution in [1.82, 2.24) is 5.32 Å². The second-order valence-corrected chi connectivity index (χ2v) is 5.60. The molecular formula is C12H25N3O5. The lowest BCUT2D eigenvalue weighted by atomic mass is 9.95. The largest absolute Gasteiger partial charge is 0.481 e. The summed E-state index contributed by atoms with van der Waals surface area (Å²) in [6.07, 6.45) is 3.05. The number of carboxylic acids is 1. The summed E-state index contributed by atoms with van der Waals surface area (Å²) in [7, 11) is 0. The first kappa shape index (κ1) is 18.6. The van der Waals surface area contributed by atoms with E-state index in [0.29, 0.717) is 5.92 Å². The predicted molar refractivity (Wildman–Crippen MR) is 73.7 cm³/mol. The Kier molecular flexibility index (Phi) is 8.82. The molecule has 0 aromatic heterocycles. The monoisotopic (exact) mass is 291 g/mol. The second kappa shape index (κ2) is 9.49. The zero-order valence-electron chi connectivity index (χ0n) is 12.1. The Morgan fingerprint density at radius 2 is 2.05 bits per heavy atom. The summed E-state index contributed by atoms with van der Waals surface area (Å²) in [5.41, 5.74) is 4.78. The molecule has 8 nitrogen and oxygen atoms in total. The molecule has 0 atom stereocenters. The van der Waals surface area contributed by atoms with Gasteiger partial charge < -0.3 is 21.0 Å². The second-order valence-electron chi connectivity index (χ2n) is 5.60. The topological polar surface area (TPSA) is 128 Å². The highest BCUT2D eigenvalue weighted by molar-refractivity contribution is 5.68. The molecule has 0 unspecified atom stereocenters. The van der Waals surface area contributed by atoms with Crippen molar-refractivity contribution in [2.75, 3.05) is 19.7 Å². The zero-order valence-corrected chi connectivity index (χ0v) is 12.1. The number of nitrogens with zero attached hydrogens (tertiary/aromatic N) is 1. The molecule has 0 spiro atoms. The number of nitrogens with one attached hydrogen (secondary N) is 1. The van der Waals surface area contributed by atoms with E-state index in [4.69, 9.17) is 10.8 Å². The molecule has 20 heavy (non-hydrogen) atoms. The van der Waals surface area contributed by atoms with Crippen molar-refractivity contribution in [3.05, 3.63) is 10.1 Å². The molecule has 118 valence electrons. The molecule has 0 saturated carbocycles. The third kappa shape index (κ3) is 13.0. The van der Waals surface area contributed by atoms with Gasteiger partial charge >= 0.3 is 5.97 Å². The lowest BCUT2D eigenvalue weighted by Gasteiger charge is -2.21. The van der Waals surface area contributed by atoms with Gasteiger partial charge in [0.2, 0.25) is 0 Å². The van der Waals surface area contributed by atoms with Crippen LogP contribution in [0.1, 0.15) is 39.5 Å². The average Bonchev–Trinajstić information content (AvgIpc) is 2.27. The average molecular weight is 291 g/mol. The highest BCUT2D eigenvalue weighted by Crippen LogP contribution is 2.15. The van der Waals surface area contributed by atoms with E-state index in [-0.39, 0.29) is 13.0 Å². The molecule has 1 heterocycles. The summed E-state index contributed by atoms with van der Waals surface area (Å²) >= 11 is 0. The smallest absolute Gasteiger partial charge is 0.305 e. The number of nitrogens with two attached hydrogens (primary N) is 1. The molecule has 0 amide bonds. The van der Waals surface area contributed by atoms with Gasteiger partial charge in [0.1, 0.15) is 0 Å². The molecule has 4 N–H and O–H groups in total. The molecule has 0 radical (unpaired) electrons. The van der Waals surface area contributed by atoms with Crippen molar-refractivity contribution in [2.45, 2.75) is 45.1 Å². The van der Waals surface area contributed by atoms with Crippen molar-refractivity contribution < 1.29 is 19.8 Å². The van der Waals surface area contributed by atoms with E-state index in [9.17, 15) is 14.9 Å². The van der Waals surface area contributed by atoms with Gasteiger partial charge in [-0.05, 0) is 52.1 Å². The summed E-state index contributed by atoms with van der Waals surface area (Å²) < 4.78 is 0. The van der Waals surface area contributed by atoms with E-state index in [1.54, 1.807) is 13.8 Å². The molecule has 0 aromatic rings. The van der Waals surface area contributed by atoms with Gasteiger partial charge in [-0.2, -0.15) is 0 Å². The molecule has 0 aromatic carbocycles. The Hall–Kier alpha value is -1.41. The Morgan fingerprint density at radius 3 is 2.40 bits per heavy atom. The van der Waals surface area contributed by atoms with Crippen molar-refractivity contribution in [3.8, 4) is 0 Å². The van der Waals surface area contributed by atoms with Gasteiger partial charge in [0.15, 0.2) is 0 Å². The molecule has 1 aliphatic rings. The lowest BCUT2D eigenvalue weighted by Crippen LogP contribution is -2.34. The summed E-state index contributed by atoms with van der Waals surface area (Å²) in [6.45, 7) is 5.67. The molecule has 1 rings (SSSR count). The van der Waals surface area contributed by atoms with Gasteiger partial charge in [-0.3, -0.25) is 4.79 Å². The van der Waals surface area contributed by atoms with Gasteiger partial charge in [0.25, 0.3) is 5.09 Å². The van der Waals surface area contributed by atoms with Crippen molar-refractivity contribution >= 4 is 5.97 Å². The predicted octanol–water partition coefficient (Wildman–Crippen LogP) is 0.783. The summed E-state index contributed by atoms with van der Waals surface area (Å²) in [5, 5.41) is 20.5. The van der Waals surface area contributed by atoms with Crippen LogP contribution in [0.5, 0.6) is 0 Å². The Labute approximate surface area is 118 Å². The van der Waals surface area contributed by atoms with Crippen LogP contribution >= 0.6 is 0 Å². The molecule has 0 aliphatic carbocycles. The van der Waals surface area contributed by atoms with Gasteiger partial charge in [-0.25, -0.2) is 0 Å². The fourth-order valence-electron chi connectivity index (χ4n) is 1.85. The molecule has 8 heteroatoms. The van der Waals surface area contributed by atoms with Crippen LogP contribution in [0.15, 0.2) is 0 Å². The van der Waals surface area contributed by atoms with E-state index >= 15 is 0 Å². The molecule has 1 aliphatic heterocycles. The van der Waals surface area contributed by atoms with Crippen LogP contribution in [0.25, 0.3) is 0 Å². The van der Waals surface area contributed by atoms with Crippen LogP contribution in [-0.4, -0.2) is 41.4 Å². The number of rotatable bonds is 6. The standard InChI is InChI=1S/C7H14N2O3.C5H11NO2/c10-9(11)12-6-3-7-1-4-8-5-2-7;1-5(2,6)3-4(7)8/h7-8H,1-6H2;3,6H2,1-2H3,(H,7,8). The number of piperidine rings is 1. The highest BCUT2D eigenvalue weighted by atomic mass is 16.9. The van der Waals surface area contributed by atoms with E-state index in [2.05, 4.69) is 10.2 Å². The lowest BCUT2D eigenvalue weighted by molar-refractivity contribution is -0.758. The van der Waals surface area contributed by atoms with Gasteiger partial charge in [0.05, 0.1) is 13.0 Å². The number of hydrogen-bond acceptors (Lipinski definition) is 6. The number of carboxylic acid groups (broad SMARTS) is 1. The van der Waals surface area contributed by atoms with Crippen LogP contribution in [0.3, 0.4) is 0 Å². The third-order valence-electron chi connectivity index (χ3n) is 2.79. The Balaban J connectivity index is 0.000000396. The number of aliphatic carboxylic acids is 1. The van der Waals surface area contributed by atoms with Crippen LogP contribution < -0.4 is 11.1 Å². The molecular weight excluding hydrogens is 266 g/mol. The van der Waals surface area contributed by atoms with Crippen molar-refractivity contribution in [2.24, 2.45) is 11.7 Å². The fourth-order valence-corrected chi connectivity index (χ4v) is 1.85. The summed E-state index contributed by atoms with van der Waals surface area (Å²) in [5.74, 6) is -0.247. The number of hydrogen-bond donors (Lipinski definition) is 3. The first-order valence-corrected chi connectivity index (χ1v) is 6.69. The highest BCUT2D eigenvalue weighted by Gasteiger charge is 2.14. The van der Waals surface area contributed by atoms with E-state index in [1.165, 1.54) is 0 Å². The maximum atomic E-state index is 9.93. The summed E-state index contributed by atoms with van der Waals surface area (Å²) in [6, 6.07) is 0. The van der Waals surface area contributed by atoms with Crippen molar-refractivity contribution in [3.63, 3.8) is 0 Å². The van der Waals surface area contributed by atoms with Crippen LogP contribution in [0, 0.1) is 16.0 Å². The summed E-state index contributed by atoms with van der Waals surface area (Å²) in [4.78, 5) is 24.0. The van der Waals surface area contributed by atoms with Crippen LogP contribution in [0.4, 0.5) is 0 Å². The molecule has 1 saturated heterocycles. The Morgan fingerprint density at radius 1 is 1.50 bits per heavy atom. The van der Waals surface area contributed by atoms with Crippen LogP contribution in [0.2, 0.25) is 0 Å². The zero-order chi connectivity index (χ0) is 15.6. The van der Waals surface area contributed by atoms with Crippen LogP contribution in [-0.2, 0) is 9.63 Å². The Bertz CT molecular complexity index is 298. The molecule has 0 bridgehead atoms. The minimum absolute atomic E-state index is 0.0208.